The topological polar surface area (TPSA) is 75.6 Å². The number of benzene rings is 2. The zero-order valence-corrected chi connectivity index (χ0v) is 15.8. The highest BCUT2D eigenvalue weighted by Gasteiger charge is 2.25. The van der Waals surface area contributed by atoms with Crippen molar-refractivity contribution in [3.8, 4) is 5.75 Å². The van der Waals surface area contributed by atoms with Crippen LogP contribution in [0.2, 0.25) is 0 Å². The summed E-state index contributed by atoms with van der Waals surface area (Å²) in [5.74, 6) is 0.521. The third-order valence-electron chi connectivity index (χ3n) is 3.87. The number of ether oxygens (including phenoxy) is 1. The first-order valence-electron chi connectivity index (χ1n) is 7.40. The molecule has 0 aliphatic rings. The van der Waals surface area contributed by atoms with E-state index in [9.17, 15) is 13.5 Å². The maximum Gasteiger partial charge on any atom is 0.240 e. The maximum atomic E-state index is 12.5. The molecule has 0 aliphatic heterocycles. The van der Waals surface area contributed by atoms with Crippen molar-refractivity contribution in [2.45, 2.75) is 23.8 Å². The fourth-order valence-electron chi connectivity index (χ4n) is 2.32. The first kappa shape index (κ1) is 18.9. The number of halogens is 1. The van der Waals surface area contributed by atoms with Gasteiger partial charge in [-0.05, 0) is 47.9 Å². The third-order valence-corrected chi connectivity index (χ3v) is 5.91. The zero-order valence-electron chi connectivity index (χ0n) is 13.4. The largest absolute Gasteiger partial charge is 0.497 e. The summed E-state index contributed by atoms with van der Waals surface area (Å²) in [5, 5.41) is 9.65. The number of hydrogen-bond donors (Lipinski definition) is 2. The molecule has 2 aromatic rings. The van der Waals surface area contributed by atoms with E-state index in [1.165, 1.54) is 12.1 Å². The van der Waals surface area contributed by atoms with E-state index < -0.39 is 16.1 Å². The van der Waals surface area contributed by atoms with Crippen molar-refractivity contribution in [1.29, 1.82) is 0 Å². The number of hydrogen-bond acceptors (Lipinski definition) is 4. The lowest BCUT2D eigenvalue weighted by Crippen LogP contribution is -2.41. The van der Waals surface area contributed by atoms with Crippen LogP contribution >= 0.6 is 15.9 Å². The normalized spacial score (nSPS) is 14.2. The number of aliphatic hydroxyl groups is 1. The van der Waals surface area contributed by atoms with Gasteiger partial charge in [0.1, 0.15) is 5.75 Å². The second-order valence-corrected chi connectivity index (χ2v) is 8.06. The molecule has 0 bridgehead atoms. The fourth-order valence-corrected chi connectivity index (χ4v) is 3.89. The van der Waals surface area contributed by atoms with Gasteiger partial charge in [0.05, 0.1) is 24.7 Å². The quantitative estimate of drug-likeness (QED) is 0.731. The Morgan fingerprint density at radius 2 is 1.71 bits per heavy atom. The van der Waals surface area contributed by atoms with Gasteiger partial charge in [0, 0.05) is 4.47 Å². The summed E-state index contributed by atoms with van der Waals surface area (Å²) in [6.45, 7) is 1.57. The van der Waals surface area contributed by atoms with Gasteiger partial charge in [-0.25, -0.2) is 13.1 Å². The van der Waals surface area contributed by atoms with Crippen molar-refractivity contribution in [3.63, 3.8) is 0 Å². The van der Waals surface area contributed by atoms with Crippen LogP contribution in [-0.4, -0.2) is 33.3 Å². The molecular weight excluding hydrogens is 394 g/mol. The number of methoxy groups -OCH3 is 1. The Balaban J connectivity index is 2.19. The summed E-state index contributed by atoms with van der Waals surface area (Å²) in [4.78, 5) is 0.158. The fraction of sp³-hybridized carbons (Fsp3) is 0.294. The van der Waals surface area contributed by atoms with Crippen molar-refractivity contribution in [1.82, 2.24) is 4.72 Å². The van der Waals surface area contributed by atoms with Gasteiger partial charge in [0.2, 0.25) is 10.0 Å². The van der Waals surface area contributed by atoms with Crippen LogP contribution in [0, 0.1) is 0 Å². The molecule has 0 aliphatic carbocycles. The Morgan fingerprint density at radius 1 is 1.12 bits per heavy atom. The van der Waals surface area contributed by atoms with Gasteiger partial charge in [-0.15, -0.1) is 0 Å². The molecule has 0 radical (unpaired) electrons. The molecule has 2 rings (SSSR count). The molecule has 0 saturated heterocycles. The van der Waals surface area contributed by atoms with Crippen LogP contribution in [0.3, 0.4) is 0 Å². The standard InChI is InChI=1S/C17H20BrNO4S/c1-12(13-3-7-15(23-2)8-4-13)17(11-20)19-24(21,22)16-9-5-14(18)6-10-16/h3-10,12,17,19-20H,11H2,1-2H3. The van der Waals surface area contributed by atoms with E-state index >= 15 is 0 Å². The minimum Gasteiger partial charge on any atom is -0.497 e. The predicted octanol–water partition coefficient (Wildman–Crippen LogP) is 2.90. The third kappa shape index (κ3) is 4.57. The number of nitrogens with one attached hydrogen (secondary N) is 1. The number of aliphatic hydroxyl groups excluding tert-OH is 1. The summed E-state index contributed by atoms with van der Waals surface area (Å²) in [6.07, 6.45) is 0. The van der Waals surface area contributed by atoms with Gasteiger partial charge < -0.3 is 9.84 Å². The molecule has 2 N–H and O–H groups in total. The Hall–Kier alpha value is -1.41. The molecule has 2 unspecified atom stereocenters. The highest BCUT2D eigenvalue weighted by atomic mass is 79.9. The van der Waals surface area contributed by atoms with Crippen molar-refractivity contribution in [2.75, 3.05) is 13.7 Å². The van der Waals surface area contributed by atoms with E-state index in [0.29, 0.717) is 0 Å². The molecule has 7 heteroatoms. The molecule has 0 saturated carbocycles. The Labute approximate surface area is 150 Å². The summed E-state index contributed by atoms with van der Waals surface area (Å²) >= 11 is 3.28. The first-order chi connectivity index (χ1) is 11.4. The predicted molar refractivity (Wildman–Crippen MR) is 96.7 cm³/mol. The summed E-state index contributed by atoms with van der Waals surface area (Å²) in [6, 6.07) is 13.1. The number of rotatable bonds is 7. The highest BCUT2D eigenvalue weighted by molar-refractivity contribution is 9.10. The first-order valence-corrected chi connectivity index (χ1v) is 9.67. The van der Waals surface area contributed by atoms with Crippen LogP contribution in [0.1, 0.15) is 18.4 Å². The molecule has 2 aromatic carbocycles. The lowest BCUT2D eigenvalue weighted by atomic mass is 9.94. The number of sulfonamides is 1. The van der Waals surface area contributed by atoms with Gasteiger partial charge in [-0.2, -0.15) is 0 Å². The maximum absolute atomic E-state index is 12.5. The lowest BCUT2D eigenvalue weighted by molar-refractivity contribution is 0.242. The van der Waals surface area contributed by atoms with Gasteiger partial charge in [0.25, 0.3) is 0 Å². The Bertz CT molecular complexity index is 760. The van der Waals surface area contributed by atoms with Gasteiger partial charge in [-0.3, -0.25) is 0 Å². The molecule has 2 atom stereocenters. The molecule has 5 nitrogen and oxygen atoms in total. The highest BCUT2D eigenvalue weighted by Crippen LogP contribution is 2.23. The zero-order chi connectivity index (χ0) is 17.7. The van der Waals surface area contributed by atoms with Crippen molar-refractivity contribution >= 4 is 26.0 Å². The molecule has 24 heavy (non-hydrogen) atoms. The molecule has 0 amide bonds. The minimum absolute atomic E-state index is 0.158. The van der Waals surface area contributed by atoms with E-state index in [4.69, 9.17) is 4.74 Å². The van der Waals surface area contributed by atoms with Crippen molar-refractivity contribution in [2.24, 2.45) is 0 Å². The minimum atomic E-state index is -3.71. The molecule has 0 heterocycles. The average molecular weight is 414 g/mol. The second kappa shape index (κ2) is 8.11. The van der Waals surface area contributed by atoms with Crippen molar-refractivity contribution in [3.05, 3.63) is 58.6 Å². The van der Waals surface area contributed by atoms with Crippen LogP contribution in [0.25, 0.3) is 0 Å². The van der Waals surface area contributed by atoms with Crippen LogP contribution in [0.4, 0.5) is 0 Å². The summed E-state index contributed by atoms with van der Waals surface area (Å²) in [5.41, 5.74) is 0.911. The van der Waals surface area contributed by atoms with Crippen LogP contribution in [0.5, 0.6) is 5.75 Å². The van der Waals surface area contributed by atoms with E-state index in [1.807, 2.05) is 31.2 Å². The summed E-state index contributed by atoms with van der Waals surface area (Å²) < 4.78 is 33.5. The SMILES string of the molecule is COc1ccc(C(C)C(CO)NS(=O)(=O)c2ccc(Br)cc2)cc1. The van der Waals surface area contributed by atoms with E-state index in [2.05, 4.69) is 20.7 Å². The Morgan fingerprint density at radius 3 is 2.21 bits per heavy atom. The van der Waals surface area contributed by atoms with Gasteiger partial charge >= 0.3 is 0 Å². The molecule has 0 aromatic heterocycles. The lowest BCUT2D eigenvalue weighted by Gasteiger charge is -2.23. The Kier molecular flexibility index (Phi) is 6.40. The second-order valence-electron chi connectivity index (χ2n) is 5.43. The molecule has 0 fully saturated rings. The smallest absolute Gasteiger partial charge is 0.240 e. The van der Waals surface area contributed by atoms with Crippen LogP contribution < -0.4 is 9.46 Å². The van der Waals surface area contributed by atoms with E-state index in [-0.39, 0.29) is 17.4 Å². The van der Waals surface area contributed by atoms with Crippen LogP contribution in [0.15, 0.2) is 57.9 Å². The van der Waals surface area contributed by atoms with Gasteiger partial charge in [-0.1, -0.05) is 35.0 Å². The van der Waals surface area contributed by atoms with Gasteiger partial charge in [0.15, 0.2) is 0 Å². The molecule has 130 valence electrons. The van der Waals surface area contributed by atoms with E-state index in [0.717, 1.165) is 15.8 Å². The monoisotopic (exact) mass is 413 g/mol. The molecular formula is C17H20BrNO4S. The average Bonchev–Trinajstić information content (AvgIpc) is 2.59. The molecule has 0 spiro atoms. The summed E-state index contributed by atoms with van der Waals surface area (Å²) in [7, 11) is -2.13. The van der Waals surface area contributed by atoms with Crippen LogP contribution in [-0.2, 0) is 10.0 Å². The van der Waals surface area contributed by atoms with Crippen molar-refractivity contribution < 1.29 is 18.3 Å². The van der Waals surface area contributed by atoms with E-state index in [1.54, 1.807) is 19.2 Å².